The Balaban J connectivity index is 2.27. The molecule has 0 spiro atoms. The van der Waals surface area contributed by atoms with Crippen LogP contribution < -0.4 is 5.56 Å². The summed E-state index contributed by atoms with van der Waals surface area (Å²) in [6.45, 7) is 4.22. The molecule has 2 heterocycles. The van der Waals surface area contributed by atoms with E-state index in [0.29, 0.717) is 23.4 Å². The van der Waals surface area contributed by atoms with Crippen LogP contribution in [0.15, 0.2) is 58.6 Å². The highest BCUT2D eigenvalue weighted by Crippen LogP contribution is 2.25. The molecule has 0 radical (unpaired) electrons. The van der Waals surface area contributed by atoms with Crippen molar-refractivity contribution in [2.75, 3.05) is 0 Å². The van der Waals surface area contributed by atoms with E-state index in [0.717, 1.165) is 5.56 Å². The smallest absolute Gasteiger partial charge is 0.263 e. The number of aromatic nitrogens is 3. The summed E-state index contributed by atoms with van der Waals surface area (Å²) in [4.78, 5) is 24.7. The zero-order chi connectivity index (χ0) is 17.8. The van der Waals surface area contributed by atoms with Gasteiger partial charge in [-0.3, -0.25) is 9.36 Å². The minimum atomic E-state index is -0.548. The number of hydrogen-bond donors (Lipinski definition) is 0. The van der Waals surface area contributed by atoms with Crippen molar-refractivity contribution >= 4 is 11.0 Å². The van der Waals surface area contributed by atoms with Crippen molar-refractivity contribution in [3.05, 3.63) is 80.8 Å². The zero-order valence-corrected chi connectivity index (χ0v) is 14.1. The third-order valence-corrected chi connectivity index (χ3v) is 4.01. The maximum Gasteiger partial charge on any atom is 0.263 e. The third kappa shape index (κ3) is 3.36. The molecule has 0 amide bonds. The minimum Gasteiger partial charge on any atom is -0.291 e. The summed E-state index contributed by atoms with van der Waals surface area (Å²) in [5, 5.41) is 4.32. The molecule has 0 bridgehead atoms. The quantitative estimate of drug-likeness (QED) is 0.402. The van der Waals surface area contributed by atoms with Crippen molar-refractivity contribution < 1.29 is 0 Å². The monoisotopic (exact) mass is 334 g/mol. The lowest BCUT2D eigenvalue weighted by Crippen LogP contribution is -2.28. The fraction of sp³-hybridized carbons (Fsp3) is 0.278. The normalized spacial score (nSPS) is 12.1. The van der Waals surface area contributed by atoms with Crippen molar-refractivity contribution in [1.29, 1.82) is 0 Å². The molecular formula is C18H18N6O. The van der Waals surface area contributed by atoms with Gasteiger partial charge < -0.3 is 0 Å². The van der Waals surface area contributed by atoms with Crippen LogP contribution in [0.4, 0.5) is 0 Å². The summed E-state index contributed by atoms with van der Waals surface area (Å²) in [7, 11) is 0. The van der Waals surface area contributed by atoms with Crippen LogP contribution in [-0.2, 0) is 6.54 Å². The number of pyridine rings is 1. The van der Waals surface area contributed by atoms with E-state index in [9.17, 15) is 4.79 Å². The van der Waals surface area contributed by atoms with Gasteiger partial charge in [-0.1, -0.05) is 49.3 Å². The molecule has 25 heavy (non-hydrogen) atoms. The molecular weight excluding hydrogens is 316 g/mol. The Bertz CT molecular complexity index is 989. The maximum absolute atomic E-state index is 13.0. The predicted molar refractivity (Wildman–Crippen MR) is 96.1 cm³/mol. The van der Waals surface area contributed by atoms with Gasteiger partial charge in [0.15, 0.2) is 5.65 Å². The van der Waals surface area contributed by atoms with E-state index in [4.69, 9.17) is 5.53 Å². The average molecular weight is 334 g/mol. The zero-order valence-electron chi connectivity index (χ0n) is 14.1. The Hall–Kier alpha value is -3.18. The number of azide groups is 1. The molecule has 7 nitrogen and oxygen atoms in total. The van der Waals surface area contributed by atoms with Gasteiger partial charge in [0.25, 0.3) is 5.56 Å². The topological polar surface area (TPSA) is 96.5 Å². The summed E-state index contributed by atoms with van der Waals surface area (Å²) in [5.74, 6) is 0.429. The molecule has 7 heteroatoms. The van der Waals surface area contributed by atoms with Crippen molar-refractivity contribution in [2.45, 2.75) is 26.4 Å². The predicted octanol–water partition coefficient (Wildman–Crippen LogP) is 3.85. The van der Waals surface area contributed by atoms with Crippen LogP contribution in [-0.4, -0.2) is 14.5 Å². The van der Waals surface area contributed by atoms with E-state index in [1.807, 2.05) is 44.2 Å². The highest BCUT2D eigenvalue weighted by atomic mass is 16.1. The molecule has 0 saturated heterocycles. The molecule has 1 aromatic carbocycles. The molecule has 3 aromatic rings. The van der Waals surface area contributed by atoms with Gasteiger partial charge in [0.2, 0.25) is 0 Å². The molecule has 2 aromatic heterocycles. The summed E-state index contributed by atoms with van der Waals surface area (Å²) in [6.07, 6.45) is 1.60. The van der Waals surface area contributed by atoms with E-state index in [2.05, 4.69) is 20.0 Å². The fourth-order valence-corrected chi connectivity index (χ4v) is 2.75. The summed E-state index contributed by atoms with van der Waals surface area (Å²) >= 11 is 0. The molecule has 0 aliphatic carbocycles. The lowest BCUT2D eigenvalue weighted by Gasteiger charge is -2.20. The second-order valence-corrected chi connectivity index (χ2v) is 6.12. The lowest BCUT2D eigenvalue weighted by molar-refractivity contribution is 0.462. The largest absolute Gasteiger partial charge is 0.291 e. The molecule has 0 N–H and O–H groups in total. The standard InChI is InChI=1S/C18H18N6O/c1-12(2)15(22-23-19)17-21-16-14(9-6-10-20-16)18(25)24(17)11-13-7-4-3-5-8-13/h3-10,12,15H,11H2,1-2H3. The fourth-order valence-electron chi connectivity index (χ4n) is 2.75. The molecule has 0 aliphatic rings. The summed E-state index contributed by atoms with van der Waals surface area (Å²) in [6, 6.07) is 12.5. The summed E-state index contributed by atoms with van der Waals surface area (Å²) in [5.41, 5.74) is 10.1. The van der Waals surface area contributed by atoms with E-state index in [-0.39, 0.29) is 11.5 Å². The number of hydrogen-bond acceptors (Lipinski definition) is 4. The van der Waals surface area contributed by atoms with Crippen LogP contribution in [0.2, 0.25) is 0 Å². The van der Waals surface area contributed by atoms with Crippen molar-refractivity contribution in [2.24, 2.45) is 11.0 Å². The third-order valence-electron chi connectivity index (χ3n) is 4.01. The van der Waals surface area contributed by atoms with Crippen molar-refractivity contribution in [1.82, 2.24) is 14.5 Å². The van der Waals surface area contributed by atoms with E-state index in [1.54, 1.807) is 22.9 Å². The van der Waals surface area contributed by atoms with E-state index < -0.39 is 6.04 Å². The molecule has 0 saturated carbocycles. The Labute approximate surface area is 144 Å². The Kier molecular flexibility index (Phi) is 4.77. The Morgan fingerprint density at radius 1 is 1.20 bits per heavy atom. The second-order valence-electron chi connectivity index (χ2n) is 6.12. The van der Waals surface area contributed by atoms with Gasteiger partial charge in [-0.05, 0) is 29.1 Å². The van der Waals surface area contributed by atoms with Gasteiger partial charge >= 0.3 is 0 Å². The maximum atomic E-state index is 13.0. The Morgan fingerprint density at radius 2 is 1.96 bits per heavy atom. The van der Waals surface area contributed by atoms with Crippen molar-refractivity contribution in [3.63, 3.8) is 0 Å². The first-order valence-electron chi connectivity index (χ1n) is 8.05. The number of nitrogens with zero attached hydrogens (tertiary/aromatic N) is 6. The van der Waals surface area contributed by atoms with Gasteiger partial charge in [-0.15, -0.1) is 0 Å². The first-order valence-corrected chi connectivity index (χ1v) is 8.05. The van der Waals surface area contributed by atoms with Crippen LogP contribution >= 0.6 is 0 Å². The van der Waals surface area contributed by atoms with Crippen LogP contribution in [0.25, 0.3) is 21.5 Å². The molecule has 1 atom stereocenters. The van der Waals surface area contributed by atoms with Gasteiger partial charge in [0.1, 0.15) is 5.82 Å². The lowest BCUT2D eigenvalue weighted by atomic mass is 10.0. The number of benzene rings is 1. The first-order chi connectivity index (χ1) is 12.1. The van der Waals surface area contributed by atoms with Gasteiger partial charge in [0, 0.05) is 11.1 Å². The second kappa shape index (κ2) is 7.15. The molecule has 0 aliphatic heterocycles. The van der Waals surface area contributed by atoms with E-state index in [1.165, 1.54) is 0 Å². The average Bonchev–Trinajstić information content (AvgIpc) is 2.63. The Morgan fingerprint density at radius 3 is 2.64 bits per heavy atom. The number of fused-ring (bicyclic) bond motifs is 1. The van der Waals surface area contributed by atoms with Gasteiger partial charge in [0.05, 0.1) is 18.0 Å². The SMILES string of the molecule is CC(C)C(N=[N+]=[N-])c1nc2ncccc2c(=O)n1Cc1ccccc1. The highest BCUT2D eigenvalue weighted by molar-refractivity contribution is 5.73. The van der Waals surface area contributed by atoms with Gasteiger partial charge in [-0.2, -0.15) is 0 Å². The van der Waals surface area contributed by atoms with E-state index >= 15 is 0 Å². The minimum absolute atomic E-state index is 0.00835. The van der Waals surface area contributed by atoms with Crippen LogP contribution in [0.3, 0.4) is 0 Å². The van der Waals surface area contributed by atoms with Gasteiger partial charge in [-0.25, -0.2) is 9.97 Å². The highest BCUT2D eigenvalue weighted by Gasteiger charge is 2.22. The van der Waals surface area contributed by atoms with Crippen LogP contribution in [0, 0.1) is 5.92 Å². The first kappa shape index (κ1) is 16.7. The van der Waals surface area contributed by atoms with Crippen molar-refractivity contribution in [3.8, 4) is 0 Å². The molecule has 0 fully saturated rings. The van der Waals surface area contributed by atoms with Crippen LogP contribution in [0.5, 0.6) is 0 Å². The summed E-state index contributed by atoms with van der Waals surface area (Å²) < 4.78 is 1.58. The molecule has 126 valence electrons. The molecule has 1 unspecified atom stereocenters. The van der Waals surface area contributed by atoms with Crippen LogP contribution in [0.1, 0.15) is 31.3 Å². The number of rotatable bonds is 5. The molecule has 3 rings (SSSR count).